The van der Waals surface area contributed by atoms with Gasteiger partial charge in [0.05, 0.1) is 0 Å². The summed E-state index contributed by atoms with van der Waals surface area (Å²) in [5, 5.41) is 0. The van der Waals surface area contributed by atoms with Crippen LogP contribution < -0.4 is 10.6 Å². The molecular weight excluding hydrogens is 308 g/mol. The van der Waals surface area contributed by atoms with Gasteiger partial charge in [-0.05, 0) is 49.3 Å². The van der Waals surface area contributed by atoms with E-state index in [0.29, 0.717) is 0 Å². The Morgan fingerprint density at radius 3 is 3.00 bits per heavy atom. The molecule has 1 aromatic rings. The molecule has 1 aromatic carbocycles. The lowest BCUT2D eigenvalue weighted by Gasteiger charge is -2.26. The Morgan fingerprint density at radius 2 is 2.22 bits per heavy atom. The maximum atomic E-state index is 5.97. The minimum absolute atomic E-state index is 0.208. The first-order valence-corrected chi connectivity index (χ1v) is 8.48. The van der Waals surface area contributed by atoms with E-state index >= 15 is 0 Å². The number of thioether (sulfide) groups is 1. The summed E-state index contributed by atoms with van der Waals surface area (Å²) in [7, 11) is 0. The number of nitrogens with two attached hydrogens (primary N) is 1. The van der Waals surface area contributed by atoms with Crippen molar-refractivity contribution >= 4 is 33.4 Å². The van der Waals surface area contributed by atoms with Crippen LogP contribution in [0.4, 0.5) is 5.69 Å². The average molecular weight is 329 g/mol. The van der Waals surface area contributed by atoms with Crippen molar-refractivity contribution in [2.45, 2.75) is 25.8 Å². The first kappa shape index (κ1) is 14.2. The minimum atomic E-state index is 0.208. The average Bonchev–Trinajstić information content (AvgIpc) is 2.57. The third-order valence-corrected chi connectivity index (χ3v) is 4.69. The fraction of sp³-hybridized carbons (Fsp3) is 0.571. The molecule has 0 radical (unpaired) electrons. The zero-order valence-electron chi connectivity index (χ0n) is 10.9. The van der Waals surface area contributed by atoms with E-state index in [2.05, 4.69) is 57.7 Å². The van der Waals surface area contributed by atoms with E-state index in [1.807, 2.05) is 0 Å². The predicted molar refractivity (Wildman–Crippen MR) is 85.7 cm³/mol. The first-order chi connectivity index (χ1) is 8.66. The molecule has 0 amide bonds. The number of benzene rings is 1. The van der Waals surface area contributed by atoms with Gasteiger partial charge in [0.2, 0.25) is 0 Å². The second-order valence-corrected chi connectivity index (χ2v) is 7.05. The van der Waals surface area contributed by atoms with Crippen molar-refractivity contribution in [2.75, 3.05) is 29.5 Å². The third-order valence-electron chi connectivity index (χ3n) is 3.15. The fourth-order valence-electron chi connectivity index (χ4n) is 2.36. The molecule has 2 N–H and O–H groups in total. The standard InChI is InChI=1S/C14H21BrN2S/c1-11(16)9-12-10-13(15)3-4-14(12)17-5-2-7-18-8-6-17/h3-4,10-11H,2,5-9,16H2,1H3. The van der Waals surface area contributed by atoms with Gasteiger partial charge in [0, 0.05) is 35.0 Å². The SMILES string of the molecule is CC(N)Cc1cc(Br)ccc1N1CCCSCC1. The van der Waals surface area contributed by atoms with Crippen LogP contribution in [0.5, 0.6) is 0 Å². The van der Waals surface area contributed by atoms with Crippen LogP contribution in [-0.2, 0) is 6.42 Å². The highest BCUT2D eigenvalue weighted by atomic mass is 79.9. The van der Waals surface area contributed by atoms with Gasteiger partial charge in [0.25, 0.3) is 0 Å². The van der Waals surface area contributed by atoms with Crippen molar-refractivity contribution in [1.82, 2.24) is 0 Å². The maximum absolute atomic E-state index is 5.97. The molecule has 4 heteroatoms. The second kappa shape index (κ2) is 6.83. The molecular formula is C14H21BrN2S. The molecule has 0 spiro atoms. The Bertz CT molecular complexity index is 387. The Hall–Kier alpha value is -0.190. The van der Waals surface area contributed by atoms with E-state index in [-0.39, 0.29) is 6.04 Å². The molecule has 1 heterocycles. The van der Waals surface area contributed by atoms with Crippen LogP contribution >= 0.6 is 27.7 Å². The summed E-state index contributed by atoms with van der Waals surface area (Å²) in [6, 6.07) is 6.80. The van der Waals surface area contributed by atoms with Gasteiger partial charge in [-0.2, -0.15) is 11.8 Å². The lowest BCUT2D eigenvalue weighted by atomic mass is 10.0. The molecule has 1 aliphatic heterocycles. The van der Waals surface area contributed by atoms with Gasteiger partial charge in [0.1, 0.15) is 0 Å². The molecule has 0 bridgehead atoms. The van der Waals surface area contributed by atoms with Gasteiger partial charge in [0.15, 0.2) is 0 Å². The largest absolute Gasteiger partial charge is 0.370 e. The van der Waals surface area contributed by atoms with E-state index in [0.717, 1.165) is 17.4 Å². The van der Waals surface area contributed by atoms with Crippen LogP contribution in [0.3, 0.4) is 0 Å². The zero-order valence-corrected chi connectivity index (χ0v) is 13.3. The number of halogens is 1. The van der Waals surface area contributed by atoms with Gasteiger partial charge in [-0.15, -0.1) is 0 Å². The highest BCUT2D eigenvalue weighted by molar-refractivity contribution is 9.10. The highest BCUT2D eigenvalue weighted by Gasteiger charge is 2.14. The van der Waals surface area contributed by atoms with Gasteiger partial charge >= 0.3 is 0 Å². The summed E-state index contributed by atoms with van der Waals surface area (Å²) in [5.74, 6) is 2.52. The molecule has 1 saturated heterocycles. The monoisotopic (exact) mass is 328 g/mol. The molecule has 0 aliphatic carbocycles. The lowest BCUT2D eigenvalue weighted by Crippen LogP contribution is -2.28. The van der Waals surface area contributed by atoms with Crippen LogP contribution in [0.25, 0.3) is 0 Å². The van der Waals surface area contributed by atoms with Gasteiger partial charge < -0.3 is 10.6 Å². The number of hydrogen-bond acceptors (Lipinski definition) is 3. The molecule has 0 saturated carbocycles. The summed E-state index contributed by atoms with van der Waals surface area (Å²) >= 11 is 5.62. The maximum Gasteiger partial charge on any atom is 0.0400 e. The quantitative estimate of drug-likeness (QED) is 0.923. The first-order valence-electron chi connectivity index (χ1n) is 6.53. The van der Waals surface area contributed by atoms with E-state index in [9.17, 15) is 0 Å². The van der Waals surface area contributed by atoms with Crippen molar-refractivity contribution in [3.8, 4) is 0 Å². The molecule has 2 rings (SSSR count). The molecule has 1 fully saturated rings. The van der Waals surface area contributed by atoms with Crippen LogP contribution in [0, 0.1) is 0 Å². The number of anilines is 1. The summed E-state index contributed by atoms with van der Waals surface area (Å²) in [6.07, 6.45) is 2.22. The second-order valence-electron chi connectivity index (χ2n) is 4.91. The molecule has 100 valence electrons. The Labute approximate surface area is 122 Å². The van der Waals surface area contributed by atoms with Crippen molar-refractivity contribution in [3.05, 3.63) is 28.2 Å². The molecule has 1 atom stereocenters. The lowest BCUT2D eigenvalue weighted by molar-refractivity contribution is 0.728. The fourth-order valence-corrected chi connectivity index (χ4v) is 3.66. The molecule has 18 heavy (non-hydrogen) atoms. The predicted octanol–water partition coefficient (Wildman–Crippen LogP) is 3.28. The summed E-state index contributed by atoms with van der Waals surface area (Å²) < 4.78 is 1.14. The van der Waals surface area contributed by atoms with Crippen molar-refractivity contribution in [1.29, 1.82) is 0 Å². The topological polar surface area (TPSA) is 29.3 Å². The Morgan fingerprint density at radius 1 is 1.39 bits per heavy atom. The van der Waals surface area contributed by atoms with Crippen LogP contribution in [0.15, 0.2) is 22.7 Å². The summed E-state index contributed by atoms with van der Waals surface area (Å²) in [4.78, 5) is 2.52. The summed E-state index contributed by atoms with van der Waals surface area (Å²) in [6.45, 7) is 4.39. The Kier molecular flexibility index (Phi) is 5.39. The van der Waals surface area contributed by atoms with E-state index in [4.69, 9.17) is 5.73 Å². The van der Waals surface area contributed by atoms with Crippen LogP contribution in [0.2, 0.25) is 0 Å². The normalized spacial score (nSPS) is 18.5. The van der Waals surface area contributed by atoms with E-state index in [1.165, 1.54) is 35.7 Å². The third kappa shape index (κ3) is 3.90. The molecule has 1 aliphatic rings. The van der Waals surface area contributed by atoms with Gasteiger partial charge in [-0.1, -0.05) is 15.9 Å². The zero-order chi connectivity index (χ0) is 13.0. The van der Waals surface area contributed by atoms with Crippen molar-refractivity contribution < 1.29 is 0 Å². The van der Waals surface area contributed by atoms with Gasteiger partial charge in [-0.3, -0.25) is 0 Å². The molecule has 0 aromatic heterocycles. The minimum Gasteiger partial charge on any atom is -0.370 e. The summed E-state index contributed by atoms with van der Waals surface area (Å²) in [5.41, 5.74) is 8.71. The highest BCUT2D eigenvalue weighted by Crippen LogP contribution is 2.27. The van der Waals surface area contributed by atoms with Gasteiger partial charge in [-0.25, -0.2) is 0 Å². The number of rotatable bonds is 3. The van der Waals surface area contributed by atoms with Crippen LogP contribution in [-0.4, -0.2) is 30.6 Å². The van der Waals surface area contributed by atoms with Crippen molar-refractivity contribution in [2.24, 2.45) is 5.73 Å². The molecule has 2 nitrogen and oxygen atoms in total. The smallest absolute Gasteiger partial charge is 0.0400 e. The van der Waals surface area contributed by atoms with E-state index in [1.54, 1.807) is 0 Å². The number of nitrogens with zero attached hydrogens (tertiary/aromatic N) is 1. The Balaban J connectivity index is 2.23. The van der Waals surface area contributed by atoms with E-state index < -0.39 is 0 Å². The number of hydrogen-bond donors (Lipinski definition) is 1. The molecule has 1 unspecified atom stereocenters. The van der Waals surface area contributed by atoms with Crippen LogP contribution in [0.1, 0.15) is 18.9 Å². The van der Waals surface area contributed by atoms with Crippen molar-refractivity contribution in [3.63, 3.8) is 0 Å².